The number of nitrogens with zero attached hydrogens (tertiary/aromatic N) is 1. The van der Waals surface area contributed by atoms with Gasteiger partial charge >= 0.3 is 0 Å². The van der Waals surface area contributed by atoms with Crippen LogP contribution in [0, 0.1) is 6.92 Å². The van der Waals surface area contributed by atoms with Crippen LogP contribution in [-0.2, 0) is 0 Å². The fraction of sp³-hybridized carbons (Fsp3) is 0.0556. The van der Waals surface area contributed by atoms with Gasteiger partial charge in [0.2, 0.25) is 0 Å². The molecule has 0 aliphatic rings. The average molecular weight is 320 g/mol. The summed E-state index contributed by atoms with van der Waals surface area (Å²) in [7, 11) is 0. The second-order valence-corrected chi connectivity index (χ2v) is 5.31. The molecule has 0 aliphatic carbocycles. The maximum Gasteiger partial charge on any atom is 0.287 e. The summed E-state index contributed by atoms with van der Waals surface area (Å²) in [5.41, 5.74) is 8.09. The number of aromatic nitrogens is 2. The summed E-state index contributed by atoms with van der Waals surface area (Å²) in [6, 6.07) is 18.2. The second kappa shape index (κ2) is 6.78. The minimum atomic E-state index is -0.467. The lowest BCUT2D eigenvalue weighted by atomic mass is 10.1. The molecule has 120 valence electrons. The summed E-state index contributed by atoms with van der Waals surface area (Å²) in [6.07, 6.45) is 0. The summed E-state index contributed by atoms with van der Waals surface area (Å²) in [6.45, 7) is 1.94. The smallest absolute Gasteiger partial charge is 0.272 e. The SMILES string of the molecule is Cc1ccc(C(=O)NNC(=O)c2cc(-c3ccccc3)n[nH]2)cc1. The van der Waals surface area contributed by atoms with Crippen LogP contribution in [-0.4, -0.2) is 22.0 Å². The van der Waals surface area contributed by atoms with Crippen LogP contribution < -0.4 is 10.9 Å². The van der Waals surface area contributed by atoms with Crippen LogP contribution in [0.25, 0.3) is 11.3 Å². The van der Waals surface area contributed by atoms with Crippen LogP contribution in [0.2, 0.25) is 0 Å². The predicted octanol–water partition coefficient (Wildman–Crippen LogP) is 2.46. The van der Waals surface area contributed by atoms with Crippen molar-refractivity contribution in [1.29, 1.82) is 0 Å². The zero-order chi connectivity index (χ0) is 16.9. The number of hydrogen-bond donors (Lipinski definition) is 3. The van der Waals surface area contributed by atoms with E-state index < -0.39 is 5.91 Å². The van der Waals surface area contributed by atoms with Crippen LogP contribution in [0.4, 0.5) is 0 Å². The number of hydrazine groups is 1. The largest absolute Gasteiger partial charge is 0.287 e. The number of nitrogens with one attached hydrogen (secondary N) is 3. The first-order valence-electron chi connectivity index (χ1n) is 7.41. The Morgan fingerprint density at radius 2 is 1.58 bits per heavy atom. The van der Waals surface area contributed by atoms with Crippen LogP contribution in [0.1, 0.15) is 26.4 Å². The molecule has 3 N–H and O–H groups in total. The Balaban J connectivity index is 1.62. The number of benzene rings is 2. The van der Waals surface area contributed by atoms with Gasteiger partial charge in [0, 0.05) is 11.1 Å². The lowest BCUT2D eigenvalue weighted by molar-refractivity contribution is 0.0844. The van der Waals surface area contributed by atoms with Crippen molar-refractivity contribution in [3.05, 3.63) is 77.5 Å². The minimum Gasteiger partial charge on any atom is -0.272 e. The molecule has 0 saturated carbocycles. The maximum absolute atomic E-state index is 12.1. The molecule has 0 spiro atoms. The Labute approximate surface area is 138 Å². The second-order valence-electron chi connectivity index (χ2n) is 5.31. The molecular weight excluding hydrogens is 304 g/mol. The highest BCUT2D eigenvalue weighted by Crippen LogP contribution is 2.16. The first kappa shape index (κ1) is 15.5. The molecule has 2 aromatic carbocycles. The van der Waals surface area contributed by atoms with E-state index in [0.717, 1.165) is 11.1 Å². The fourth-order valence-corrected chi connectivity index (χ4v) is 2.15. The maximum atomic E-state index is 12.1. The molecule has 1 heterocycles. The van der Waals surface area contributed by atoms with Crippen LogP contribution in [0.3, 0.4) is 0 Å². The highest BCUT2D eigenvalue weighted by molar-refractivity contribution is 5.98. The van der Waals surface area contributed by atoms with Crippen molar-refractivity contribution >= 4 is 11.8 Å². The van der Waals surface area contributed by atoms with E-state index in [9.17, 15) is 9.59 Å². The first-order valence-corrected chi connectivity index (χ1v) is 7.41. The molecular formula is C18H16N4O2. The molecule has 0 saturated heterocycles. The summed E-state index contributed by atoms with van der Waals surface area (Å²) >= 11 is 0. The van der Waals surface area contributed by atoms with Gasteiger partial charge in [-0.2, -0.15) is 5.10 Å². The summed E-state index contributed by atoms with van der Waals surface area (Å²) in [4.78, 5) is 24.0. The van der Waals surface area contributed by atoms with Crippen molar-refractivity contribution in [3.63, 3.8) is 0 Å². The van der Waals surface area contributed by atoms with E-state index in [-0.39, 0.29) is 11.6 Å². The lowest BCUT2D eigenvalue weighted by Gasteiger charge is -2.06. The Kier molecular flexibility index (Phi) is 4.38. The normalized spacial score (nSPS) is 10.2. The number of rotatable bonds is 3. The third kappa shape index (κ3) is 3.49. The molecule has 3 rings (SSSR count). The third-order valence-electron chi connectivity index (χ3n) is 3.50. The van der Waals surface area contributed by atoms with Gasteiger partial charge in [0.05, 0.1) is 5.69 Å². The van der Waals surface area contributed by atoms with E-state index in [0.29, 0.717) is 11.3 Å². The number of hydrogen-bond acceptors (Lipinski definition) is 3. The van der Waals surface area contributed by atoms with Crippen molar-refractivity contribution in [1.82, 2.24) is 21.0 Å². The van der Waals surface area contributed by atoms with Crippen LogP contribution in [0.5, 0.6) is 0 Å². The molecule has 6 nitrogen and oxygen atoms in total. The van der Waals surface area contributed by atoms with Crippen molar-refractivity contribution in [2.24, 2.45) is 0 Å². The van der Waals surface area contributed by atoms with Crippen molar-refractivity contribution in [2.75, 3.05) is 0 Å². The van der Waals surface area contributed by atoms with Gasteiger partial charge in [0.1, 0.15) is 5.69 Å². The molecule has 6 heteroatoms. The van der Waals surface area contributed by atoms with E-state index in [1.54, 1.807) is 18.2 Å². The Morgan fingerprint density at radius 3 is 2.29 bits per heavy atom. The summed E-state index contributed by atoms with van der Waals surface area (Å²) < 4.78 is 0. The van der Waals surface area contributed by atoms with E-state index in [4.69, 9.17) is 0 Å². The van der Waals surface area contributed by atoms with E-state index >= 15 is 0 Å². The zero-order valence-electron chi connectivity index (χ0n) is 13.0. The molecule has 0 bridgehead atoms. The standard InChI is InChI=1S/C18H16N4O2/c1-12-7-9-14(10-8-12)17(23)21-22-18(24)16-11-15(19-20-16)13-5-3-2-4-6-13/h2-11H,1H3,(H,19,20)(H,21,23)(H,22,24). The molecule has 24 heavy (non-hydrogen) atoms. The molecule has 1 aromatic heterocycles. The van der Waals surface area contributed by atoms with Gasteiger partial charge in [-0.1, -0.05) is 48.0 Å². The topological polar surface area (TPSA) is 86.9 Å². The van der Waals surface area contributed by atoms with E-state index in [1.807, 2.05) is 49.4 Å². The highest BCUT2D eigenvalue weighted by Gasteiger charge is 2.12. The van der Waals surface area contributed by atoms with Crippen LogP contribution >= 0.6 is 0 Å². The van der Waals surface area contributed by atoms with Gasteiger partial charge in [-0.3, -0.25) is 25.5 Å². The van der Waals surface area contributed by atoms with Gasteiger partial charge in [-0.05, 0) is 25.1 Å². The molecule has 0 atom stereocenters. The van der Waals surface area contributed by atoms with Crippen molar-refractivity contribution in [2.45, 2.75) is 6.92 Å². The zero-order valence-corrected chi connectivity index (χ0v) is 13.0. The highest BCUT2D eigenvalue weighted by atomic mass is 16.2. The van der Waals surface area contributed by atoms with Gasteiger partial charge in [-0.15, -0.1) is 0 Å². The van der Waals surface area contributed by atoms with Crippen molar-refractivity contribution < 1.29 is 9.59 Å². The number of carbonyl (C=O) groups is 2. The van der Waals surface area contributed by atoms with Gasteiger partial charge in [-0.25, -0.2) is 0 Å². The van der Waals surface area contributed by atoms with E-state index in [1.165, 1.54) is 0 Å². The predicted molar refractivity (Wildman–Crippen MR) is 90.1 cm³/mol. The molecule has 0 unspecified atom stereocenters. The lowest BCUT2D eigenvalue weighted by Crippen LogP contribution is -2.41. The number of H-pyrrole nitrogens is 1. The molecule has 3 aromatic rings. The Morgan fingerprint density at radius 1 is 0.917 bits per heavy atom. The summed E-state index contributed by atoms with van der Waals surface area (Å²) in [5, 5.41) is 6.77. The van der Waals surface area contributed by atoms with E-state index in [2.05, 4.69) is 21.0 Å². The minimum absolute atomic E-state index is 0.262. The number of carbonyl (C=O) groups excluding carboxylic acids is 2. The first-order chi connectivity index (χ1) is 11.6. The quantitative estimate of drug-likeness (QED) is 0.648. The molecule has 2 amide bonds. The third-order valence-corrected chi connectivity index (χ3v) is 3.50. The number of aromatic amines is 1. The number of amides is 2. The number of aryl methyl sites for hydroxylation is 1. The summed E-state index contributed by atoms with van der Waals surface area (Å²) in [5.74, 6) is -0.851. The van der Waals surface area contributed by atoms with Crippen LogP contribution in [0.15, 0.2) is 60.7 Å². The molecule has 0 fully saturated rings. The van der Waals surface area contributed by atoms with Crippen molar-refractivity contribution in [3.8, 4) is 11.3 Å². The fourth-order valence-electron chi connectivity index (χ4n) is 2.15. The average Bonchev–Trinajstić information content (AvgIpc) is 3.11. The van der Waals surface area contributed by atoms with Gasteiger partial charge < -0.3 is 0 Å². The van der Waals surface area contributed by atoms with Gasteiger partial charge in [0.15, 0.2) is 0 Å². The monoisotopic (exact) mass is 320 g/mol. The Hall–Kier alpha value is -3.41. The van der Waals surface area contributed by atoms with Gasteiger partial charge in [0.25, 0.3) is 11.8 Å². The molecule has 0 radical (unpaired) electrons. The Bertz CT molecular complexity index is 854. The molecule has 0 aliphatic heterocycles.